The van der Waals surface area contributed by atoms with Gasteiger partial charge in [-0.15, -0.1) is 0 Å². The van der Waals surface area contributed by atoms with Crippen molar-refractivity contribution in [2.24, 2.45) is 0 Å². The molecule has 0 spiro atoms. The Hall–Kier alpha value is -0.330. The van der Waals surface area contributed by atoms with Crippen molar-refractivity contribution in [2.45, 2.75) is 0 Å². The molecule has 0 heterocycles. The summed E-state index contributed by atoms with van der Waals surface area (Å²) in [6, 6.07) is 7.96. The van der Waals surface area contributed by atoms with Gasteiger partial charge in [0.2, 0.25) is 0 Å². The van der Waals surface area contributed by atoms with Crippen LogP contribution in [0.3, 0.4) is 0 Å². The lowest BCUT2D eigenvalue weighted by Crippen LogP contribution is -1.61. The van der Waals surface area contributed by atoms with Crippen LogP contribution in [0.5, 0.6) is 0 Å². The number of hydrogen-bond donors (Lipinski definition) is 0. The monoisotopic (exact) mass is 261 g/mol. The van der Waals surface area contributed by atoms with Crippen LogP contribution in [0, 0.1) is 11.8 Å². The molecule has 0 aliphatic carbocycles. The third-order valence-electron chi connectivity index (χ3n) is 0.804. The Morgan fingerprint density at radius 2 is 1.10 bits per heavy atom. The van der Waals surface area contributed by atoms with Crippen molar-refractivity contribution in [3.63, 3.8) is 0 Å². The van der Waals surface area contributed by atoms with Crippen LogP contribution in [0.15, 0.2) is 33.2 Å². The van der Waals surface area contributed by atoms with Crippen molar-refractivity contribution in [2.75, 3.05) is 0 Å². The lowest BCUT2D eigenvalue weighted by atomic mass is 10.4. The molecular formula is C7H5Br2N. The average Bonchev–Trinajstić information content (AvgIpc) is 2.00. The van der Waals surface area contributed by atoms with E-state index >= 15 is 0 Å². The van der Waals surface area contributed by atoms with Crippen molar-refractivity contribution in [3.8, 4) is 6.57 Å². The number of benzene rings is 1. The standard InChI is InChI=1S/C6H4Br2.CHN/c7-5-1-2-6(8)4-3-5;1-2/h1-4H;1H. The van der Waals surface area contributed by atoms with E-state index in [1.54, 1.807) is 0 Å². The summed E-state index contributed by atoms with van der Waals surface area (Å²) in [6.07, 6.45) is 0. The second kappa shape index (κ2) is 5.45. The SMILES string of the molecule is Brc1ccc(Br)cc1.C#N. The Morgan fingerprint density at radius 3 is 1.30 bits per heavy atom. The first kappa shape index (κ1) is 9.67. The van der Waals surface area contributed by atoms with Crippen LogP contribution in [-0.2, 0) is 0 Å². The summed E-state index contributed by atoms with van der Waals surface area (Å²) in [5.74, 6) is 0. The number of hydrogen-bond acceptors (Lipinski definition) is 1. The van der Waals surface area contributed by atoms with E-state index in [2.05, 4.69) is 38.4 Å². The summed E-state index contributed by atoms with van der Waals surface area (Å²) in [4.78, 5) is 0. The molecule has 0 aliphatic heterocycles. The maximum Gasteiger partial charge on any atom is 0.0462 e. The van der Waals surface area contributed by atoms with Gasteiger partial charge in [-0.3, -0.25) is 0 Å². The van der Waals surface area contributed by atoms with Gasteiger partial charge in [-0.1, -0.05) is 31.9 Å². The first-order chi connectivity index (χ1) is 4.79. The largest absolute Gasteiger partial charge is 0.202 e. The predicted molar refractivity (Wildman–Crippen MR) is 48.5 cm³/mol. The van der Waals surface area contributed by atoms with E-state index in [0.29, 0.717) is 0 Å². The Bertz CT molecular complexity index is 182. The lowest BCUT2D eigenvalue weighted by Gasteiger charge is -1.86. The topological polar surface area (TPSA) is 23.8 Å². The summed E-state index contributed by atoms with van der Waals surface area (Å²) in [6.45, 7) is 3.50. The van der Waals surface area contributed by atoms with Gasteiger partial charge in [0.15, 0.2) is 0 Å². The van der Waals surface area contributed by atoms with E-state index in [0.717, 1.165) is 8.95 Å². The van der Waals surface area contributed by atoms with Crippen molar-refractivity contribution in [1.29, 1.82) is 5.26 Å². The molecule has 0 saturated heterocycles. The molecule has 0 aromatic heterocycles. The third kappa shape index (κ3) is 3.65. The second-order valence-electron chi connectivity index (χ2n) is 1.44. The highest BCUT2D eigenvalue weighted by atomic mass is 79.9. The number of nitrogens with zero attached hydrogens (tertiary/aromatic N) is 1. The fraction of sp³-hybridized carbons (Fsp3) is 0. The highest BCUT2D eigenvalue weighted by Crippen LogP contribution is 2.13. The molecule has 1 rings (SSSR count). The maximum absolute atomic E-state index is 6.50. The first-order valence-corrected chi connectivity index (χ1v) is 4.04. The molecule has 0 fully saturated rings. The molecule has 0 radical (unpaired) electrons. The zero-order chi connectivity index (χ0) is 7.98. The Morgan fingerprint density at radius 1 is 0.900 bits per heavy atom. The van der Waals surface area contributed by atoms with Crippen molar-refractivity contribution in [1.82, 2.24) is 0 Å². The van der Waals surface area contributed by atoms with Crippen LogP contribution in [0.25, 0.3) is 0 Å². The first-order valence-electron chi connectivity index (χ1n) is 2.46. The van der Waals surface area contributed by atoms with Gasteiger partial charge in [-0.05, 0) is 24.3 Å². The van der Waals surface area contributed by atoms with Gasteiger partial charge in [0.1, 0.15) is 0 Å². The molecule has 1 aromatic carbocycles. The van der Waals surface area contributed by atoms with Crippen LogP contribution in [-0.4, -0.2) is 0 Å². The van der Waals surface area contributed by atoms with E-state index in [-0.39, 0.29) is 0 Å². The molecule has 10 heavy (non-hydrogen) atoms. The molecule has 52 valence electrons. The van der Waals surface area contributed by atoms with Crippen LogP contribution in [0.2, 0.25) is 0 Å². The molecular weight excluding hydrogens is 258 g/mol. The van der Waals surface area contributed by atoms with Gasteiger partial charge >= 0.3 is 0 Å². The zero-order valence-electron chi connectivity index (χ0n) is 5.09. The summed E-state index contributed by atoms with van der Waals surface area (Å²) >= 11 is 6.65. The second-order valence-corrected chi connectivity index (χ2v) is 3.27. The summed E-state index contributed by atoms with van der Waals surface area (Å²) in [7, 11) is 0. The normalized spacial score (nSPS) is 7.60. The van der Waals surface area contributed by atoms with E-state index in [1.165, 1.54) is 0 Å². The minimum Gasteiger partial charge on any atom is -0.202 e. The van der Waals surface area contributed by atoms with Gasteiger partial charge in [-0.25, -0.2) is 5.26 Å². The molecule has 0 amide bonds. The predicted octanol–water partition coefficient (Wildman–Crippen LogP) is 3.35. The Labute approximate surface area is 76.9 Å². The van der Waals surface area contributed by atoms with Crippen molar-refractivity contribution < 1.29 is 0 Å². The summed E-state index contributed by atoms with van der Waals surface area (Å²) < 4.78 is 2.22. The molecule has 3 heteroatoms. The van der Waals surface area contributed by atoms with Gasteiger partial charge < -0.3 is 0 Å². The lowest BCUT2D eigenvalue weighted by molar-refractivity contribution is 1.58. The minimum atomic E-state index is 1.11. The minimum absolute atomic E-state index is 1.11. The van der Waals surface area contributed by atoms with Gasteiger partial charge in [-0.2, -0.15) is 0 Å². The van der Waals surface area contributed by atoms with Crippen molar-refractivity contribution in [3.05, 3.63) is 33.2 Å². The molecule has 0 unspecified atom stereocenters. The fourth-order valence-corrected chi connectivity index (χ4v) is 0.958. The molecule has 0 aliphatic rings. The molecule has 1 nitrogen and oxygen atoms in total. The van der Waals surface area contributed by atoms with Crippen molar-refractivity contribution >= 4 is 31.9 Å². The summed E-state index contributed by atoms with van der Waals surface area (Å²) in [5.41, 5.74) is 0. The van der Waals surface area contributed by atoms with Crippen LogP contribution >= 0.6 is 31.9 Å². The van der Waals surface area contributed by atoms with Crippen LogP contribution < -0.4 is 0 Å². The third-order valence-corrected chi connectivity index (χ3v) is 1.86. The average molecular weight is 263 g/mol. The van der Waals surface area contributed by atoms with Crippen LogP contribution in [0.1, 0.15) is 0 Å². The van der Waals surface area contributed by atoms with E-state index in [9.17, 15) is 0 Å². The number of halogens is 2. The van der Waals surface area contributed by atoms with Gasteiger partial charge in [0.05, 0.1) is 0 Å². The van der Waals surface area contributed by atoms with Gasteiger partial charge in [0.25, 0.3) is 0 Å². The Kier molecular flexibility index (Phi) is 5.27. The smallest absolute Gasteiger partial charge is 0.0462 e. The Balaban J connectivity index is 0.000000371. The van der Waals surface area contributed by atoms with E-state index in [1.807, 2.05) is 24.3 Å². The number of rotatable bonds is 0. The highest BCUT2D eigenvalue weighted by Gasteiger charge is 1.83. The molecule has 1 aromatic rings. The van der Waals surface area contributed by atoms with Crippen LogP contribution in [0.4, 0.5) is 0 Å². The molecule has 0 atom stereocenters. The van der Waals surface area contributed by atoms with E-state index in [4.69, 9.17) is 5.26 Å². The summed E-state index contributed by atoms with van der Waals surface area (Å²) in [5, 5.41) is 6.50. The fourth-order valence-electron chi connectivity index (χ4n) is 0.430. The molecule has 0 N–H and O–H groups in total. The van der Waals surface area contributed by atoms with E-state index < -0.39 is 0 Å². The highest BCUT2D eigenvalue weighted by molar-refractivity contribution is 9.11. The molecule has 0 saturated carbocycles. The molecule has 0 bridgehead atoms. The zero-order valence-corrected chi connectivity index (χ0v) is 8.26. The quantitative estimate of drug-likeness (QED) is 0.704. The number of nitriles is 1. The van der Waals surface area contributed by atoms with Gasteiger partial charge in [0, 0.05) is 15.5 Å². The maximum atomic E-state index is 6.50.